The lowest BCUT2D eigenvalue weighted by molar-refractivity contribution is -0.0160. The normalized spacial score (nSPS) is 27.3. The van der Waals surface area contributed by atoms with Crippen molar-refractivity contribution in [2.24, 2.45) is 0 Å². The van der Waals surface area contributed by atoms with E-state index in [0.717, 1.165) is 18.5 Å². The number of aromatic nitrogens is 2. The molecule has 19 heavy (non-hydrogen) atoms. The number of aliphatic hydroxyl groups is 1. The molecule has 4 heteroatoms. The van der Waals surface area contributed by atoms with Crippen LogP contribution in [0.2, 0.25) is 0 Å². The molecule has 100 valence electrons. The Hall–Kier alpha value is -1.81. The SMILES string of the molecule is Oc1ccn(C2CCC(O)(c3ccccn3)CC2)c1. The molecule has 2 aromatic heterocycles. The van der Waals surface area contributed by atoms with Gasteiger partial charge in [0, 0.05) is 24.6 Å². The predicted molar refractivity (Wildman–Crippen MR) is 71.7 cm³/mol. The molecule has 0 aliphatic heterocycles. The number of pyridine rings is 1. The highest BCUT2D eigenvalue weighted by Gasteiger charge is 2.36. The lowest BCUT2D eigenvalue weighted by atomic mass is 9.80. The maximum absolute atomic E-state index is 10.7. The zero-order valence-corrected chi connectivity index (χ0v) is 10.7. The van der Waals surface area contributed by atoms with E-state index in [1.165, 1.54) is 0 Å². The molecule has 0 spiro atoms. The lowest BCUT2D eigenvalue weighted by Gasteiger charge is -2.36. The number of nitrogens with zero attached hydrogens (tertiary/aromatic N) is 2. The van der Waals surface area contributed by atoms with Gasteiger partial charge in [-0.2, -0.15) is 0 Å². The van der Waals surface area contributed by atoms with Crippen molar-refractivity contribution in [2.45, 2.75) is 37.3 Å². The Labute approximate surface area is 112 Å². The van der Waals surface area contributed by atoms with E-state index < -0.39 is 5.60 Å². The van der Waals surface area contributed by atoms with Crippen molar-refractivity contribution in [1.29, 1.82) is 0 Å². The van der Waals surface area contributed by atoms with Crippen LogP contribution in [0, 0.1) is 0 Å². The van der Waals surface area contributed by atoms with Crippen molar-refractivity contribution < 1.29 is 10.2 Å². The molecule has 1 aliphatic rings. The fourth-order valence-electron chi connectivity index (χ4n) is 2.90. The van der Waals surface area contributed by atoms with Gasteiger partial charge in [-0.15, -0.1) is 0 Å². The average Bonchev–Trinajstić information content (AvgIpc) is 2.87. The smallest absolute Gasteiger partial charge is 0.133 e. The summed E-state index contributed by atoms with van der Waals surface area (Å²) in [5, 5.41) is 20.1. The number of rotatable bonds is 2. The molecule has 0 atom stereocenters. The van der Waals surface area contributed by atoms with Crippen LogP contribution < -0.4 is 0 Å². The molecule has 2 N–H and O–H groups in total. The molecule has 0 amide bonds. The average molecular weight is 258 g/mol. The Bertz CT molecular complexity index is 542. The van der Waals surface area contributed by atoms with Gasteiger partial charge < -0.3 is 14.8 Å². The molecule has 1 fully saturated rings. The number of hydrogen-bond acceptors (Lipinski definition) is 3. The minimum Gasteiger partial charge on any atom is -0.506 e. The van der Waals surface area contributed by atoms with Crippen molar-refractivity contribution in [3.05, 3.63) is 48.5 Å². The first-order chi connectivity index (χ1) is 9.17. The molecule has 0 aromatic carbocycles. The Kier molecular flexibility index (Phi) is 3.03. The summed E-state index contributed by atoms with van der Waals surface area (Å²) in [5.74, 6) is 0.297. The molecule has 0 saturated heterocycles. The van der Waals surface area contributed by atoms with Crippen molar-refractivity contribution in [1.82, 2.24) is 9.55 Å². The quantitative estimate of drug-likeness (QED) is 0.870. The summed E-state index contributed by atoms with van der Waals surface area (Å²) in [6.07, 6.45) is 8.55. The van der Waals surface area contributed by atoms with Crippen LogP contribution >= 0.6 is 0 Å². The van der Waals surface area contributed by atoms with Crippen molar-refractivity contribution in [3.63, 3.8) is 0 Å². The van der Waals surface area contributed by atoms with Crippen LogP contribution in [0.15, 0.2) is 42.9 Å². The first kappa shape index (κ1) is 12.2. The Morgan fingerprint density at radius 1 is 1.21 bits per heavy atom. The van der Waals surface area contributed by atoms with E-state index in [9.17, 15) is 10.2 Å². The highest BCUT2D eigenvalue weighted by atomic mass is 16.3. The summed E-state index contributed by atoms with van der Waals surface area (Å²) >= 11 is 0. The van der Waals surface area contributed by atoms with Gasteiger partial charge in [0.1, 0.15) is 11.4 Å². The Morgan fingerprint density at radius 2 is 2.00 bits per heavy atom. The van der Waals surface area contributed by atoms with Gasteiger partial charge in [-0.1, -0.05) is 6.07 Å². The zero-order valence-electron chi connectivity index (χ0n) is 10.7. The van der Waals surface area contributed by atoms with Crippen molar-refractivity contribution in [2.75, 3.05) is 0 Å². The molecule has 0 unspecified atom stereocenters. The second kappa shape index (κ2) is 4.70. The molecule has 2 heterocycles. The van der Waals surface area contributed by atoms with Gasteiger partial charge in [0.15, 0.2) is 0 Å². The number of hydrogen-bond donors (Lipinski definition) is 2. The largest absolute Gasteiger partial charge is 0.506 e. The van der Waals surface area contributed by atoms with Gasteiger partial charge >= 0.3 is 0 Å². The molecule has 2 aromatic rings. The van der Waals surface area contributed by atoms with E-state index in [-0.39, 0.29) is 0 Å². The first-order valence-corrected chi connectivity index (χ1v) is 6.68. The Balaban J connectivity index is 1.72. The third kappa shape index (κ3) is 2.36. The number of aromatic hydroxyl groups is 1. The monoisotopic (exact) mass is 258 g/mol. The lowest BCUT2D eigenvalue weighted by Crippen LogP contribution is -2.32. The second-order valence-corrected chi connectivity index (χ2v) is 5.29. The summed E-state index contributed by atoms with van der Waals surface area (Å²) < 4.78 is 2.04. The van der Waals surface area contributed by atoms with Gasteiger partial charge in [-0.3, -0.25) is 4.98 Å². The molecular formula is C15H18N2O2. The molecule has 3 rings (SSSR count). The van der Waals surface area contributed by atoms with E-state index >= 15 is 0 Å². The summed E-state index contributed by atoms with van der Waals surface area (Å²) in [6, 6.07) is 7.71. The van der Waals surface area contributed by atoms with Crippen LogP contribution in [-0.4, -0.2) is 19.8 Å². The van der Waals surface area contributed by atoms with Gasteiger partial charge in [0.05, 0.1) is 5.69 Å². The third-order valence-electron chi connectivity index (χ3n) is 4.04. The highest BCUT2D eigenvalue weighted by molar-refractivity contribution is 5.17. The van der Waals surface area contributed by atoms with Gasteiger partial charge in [-0.05, 0) is 43.9 Å². The van der Waals surface area contributed by atoms with Crippen LogP contribution in [0.25, 0.3) is 0 Å². The van der Waals surface area contributed by atoms with Gasteiger partial charge in [-0.25, -0.2) is 0 Å². The fourth-order valence-corrected chi connectivity index (χ4v) is 2.90. The van der Waals surface area contributed by atoms with E-state index in [1.54, 1.807) is 18.5 Å². The van der Waals surface area contributed by atoms with E-state index in [2.05, 4.69) is 4.98 Å². The van der Waals surface area contributed by atoms with E-state index in [1.807, 2.05) is 29.0 Å². The van der Waals surface area contributed by atoms with Crippen LogP contribution in [0.4, 0.5) is 0 Å². The topological polar surface area (TPSA) is 58.3 Å². The molecule has 4 nitrogen and oxygen atoms in total. The van der Waals surface area contributed by atoms with E-state index in [4.69, 9.17) is 0 Å². The minimum absolute atomic E-state index is 0.297. The molecule has 0 radical (unpaired) electrons. The summed E-state index contributed by atoms with van der Waals surface area (Å²) in [5.41, 5.74) is -0.0312. The summed E-state index contributed by atoms with van der Waals surface area (Å²) in [4.78, 5) is 4.28. The van der Waals surface area contributed by atoms with Gasteiger partial charge in [0.2, 0.25) is 0 Å². The van der Waals surface area contributed by atoms with Crippen molar-refractivity contribution >= 4 is 0 Å². The highest BCUT2D eigenvalue weighted by Crippen LogP contribution is 2.40. The summed E-state index contributed by atoms with van der Waals surface area (Å²) in [7, 11) is 0. The third-order valence-corrected chi connectivity index (χ3v) is 4.04. The van der Waals surface area contributed by atoms with Crippen molar-refractivity contribution in [3.8, 4) is 5.75 Å². The summed E-state index contributed by atoms with van der Waals surface area (Å²) in [6.45, 7) is 0. The van der Waals surface area contributed by atoms with E-state index in [0.29, 0.717) is 24.6 Å². The molecule has 1 saturated carbocycles. The maximum atomic E-state index is 10.7. The van der Waals surface area contributed by atoms with Crippen LogP contribution in [0.1, 0.15) is 37.4 Å². The zero-order chi connectivity index (χ0) is 13.3. The second-order valence-electron chi connectivity index (χ2n) is 5.29. The van der Waals surface area contributed by atoms with Crippen LogP contribution in [0.3, 0.4) is 0 Å². The minimum atomic E-state index is -0.799. The Morgan fingerprint density at radius 3 is 2.58 bits per heavy atom. The van der Waals surface area contributed by atoms with Crippen LogP contribution in [-0.2, 0) is 5.60 Å². The van der Waals surface area contributed by atoms with Crippen LogP contribution in [0.5, 0.6) is 5.75 Å². The predicted octanol–water partition coefficient (Wildman–Crippen LogP) is 2.59. The molecular weight excluding hydrogens is 240 g/mol. The maximum Gasteiger partial charge on any atom is 0.133 e. The van der Waals surface area contributed by atoms with Gasteiger partial charge in [0.25, 0.3) is 0 Å². The molecule has 0 bridgehead atoms. The first-order valence-electron chi connectivity index (χ1n) is 6.68. The fraction of sp³-hybridized carbons (Fsp3) is 0.400. The standard InChI is InChI=1S/C15H18N2O2/c18-13-6-10-17(11-13)12-4-7-15(19,8-5-12)14-3-1-2-9-16-14/h1-3,6,9-12,18-19H,4-5,7-8H2. The molecule has 1 aliphatic carbocycles.